The molecule has 5 nitrogen and oxygen atoms in total. The molecule has 0 saturated heterocycles. The topological polar surface area (TPSA) is 54.9 Å². The van der Waals surface area contributed by atoms with Crippen LogP contribution in [0.5, 0.6) is 11.5 Å². The zero-order valence-corrected chi connectivity index (χ0v) is 11.5. The van der Waals surface area contributed by atoms with Crippen molar-refractivity contribution in [3.8, 4) is 11.5 Å². The van der Waals surface area contributed by atoms with Crippen LogP contribution in [0.15, 0.2) is 23.2 Å². The lowest BCUT2D eigenvalue weighted by molar-refractivity contribution is 0.355. The first-order valence-electron chi connectivity index (χ1n) is 6.00. The first kappa shape index (κ1) is 15.1. The third-order valence-corrected chi connectivity index (χ3v) is 2.47. The van der Waals surface area contributed by atoms with Crippen molar-refractivity contribution in [2.45, 2.75) is 6.42 Å². The van der Waals surface area contributed by atoms with Gasteiger partial charge in [-0.05, 0) is 18.6 Å². The molecule has 0 saturated carbocycles. The molecule has 0 aliphatic heterocycles. The molecular weight excluding hydrogens is 249 g/mol. The Kier molecular flexibility index (Phi) is 6.49. The van der Waals surface area contributed by atoms with E-state index < -0.39 is 0 Å². The molecule has 19 heavy (non-hydrogen) atoms. The molecule has 6 heteroatoms. The minimum absolute atomic E-state index is 0.347. The Bertz CT molecular complexity index is 424. The molecule has 1 aromatic carbocycles. The van der Waals surface area contributed by atoms with Crippen LogP contribution in [0.4, 0.5) is 10.1 Å². The predicted octanol–water partition coefficient (Wildman–Crippen LogP) is 2.05. The van der Waals surface area contributed by atoms with Crippen LogP contribution in [0.1, 0.15) is 6.42 Å². The number of aliphatic imine (C=N–C) groups is 1. The van der Waals surface area contributed by atoms with Gasteiger partial charge in [-0.3, -0.25) is 9.38 Å². The van der Waals surface area contributed by atoms with Crippen molar-refractivity contribution in [3.63, 3.8) is 0 Å². The maximum atomic E-state index is 12.0. The fourth-order valence-corrected chi connectivity index (χ4v) is 1.50. The Morgan fingerprint density at radius 2 is 2.00 bits per heavy atom. The summed E-state index contributed by atoms with van der Waals surface area (Å²) >= 11 is 0. The van der Waals surface area contributed by atoms with E-state index in [0.717, 1.165) is 5.69 Å². The highest BCUT2D eigenvalue weighted by molar-refractivity contribution is 5.93. The van der Waals surface area contributed by atoms with Gasteiger partial charge in [0.1, 0.15) is 0 Å². The van der Waals surface area contributed by atoms with Crippen LogP contribution in [-0.4, -0.2) is 40.4 Å². The van der Waals surface area contributed by atoms with Gasteiger partial charge in [-0.2, -0.15) is 0 Å². The van der Waals surface area contributed by atoms with E-state index in [0.29, 0.717) is 30.4 Å². The summed E-state index contributed by atoms with van der Waals surface area (Å²) in [4.78, 5) is 4.05. The van der Waals surface area contributed by atoms with E-state index in [9.17, 15) is 4.39 Å². The van der Waals surface area contributed by atoms with Crippen molar-refractivity contribution >= 4 is 11.6 Å². The number of anilines is 1. The molecule has 0 aliphatic carbocycles. The van der Waals surface area contributed by atoms with Crippen LogP contribution in [0.3, 0.4) is 0 Å². The van der Waals surface area contributed by atoms with Gasteiger partial charge in [0.15, 0.2) is 17.5 Å². The molecule has 2 N–H and O–H groups in total. The minimum Gasteiger partial charge on any atom is -0.493 e. The number of methoxy groups -OCH3 is 2. The van der Waals surface area contributed by atoms with Gasteiger partial charge < -0.3 is 20.1 Å². The third kappa shape index (κ3) is 4.65. The predicted molar refractivity (Wildman–Crippen MR) is 75.1 cm³/mol. The molecule has 0 heterocycles. The van der Waals surface area contributed by atoms with Gasteiger partial charge in [-0.15, -0.1) is 0 Å². The number of halogens is 1. The van der Waals surface area contributed by atoms with E-state index in [1.807, 2.05) is 6.07 Å². The van der Waals surface area contributed by atoms with Crippen molar-refractivity contribution in [1.29, 1.82) is 0 Å². The summed E-state index contributed by atoms with van der Waals surface area (Å²) in [7, 11) is 4.82. The summed E-state index contributed by atoms with van der Waals surface area (Å²) in [6.45, 7) is 0.184. The highest BCUT2D eigenvalue weighted by Crippen LogP contribution is 2.29. The number of guanidine groups is 1. The summed E-state index contributed by atoms with van der Waals surface area (Å²) in [6, 6.07) is 5.46. The maximum Gasteiger partial charge on any atom is 0.195 e. The van der Waals surface area contributed by atoms with Crippen LogP contribution < -0.4 is 20.1 Å². The van der Waals surface area contributed by atoms with Crippen molar-refractivity contribution < 1.29 is 13.9 Å². The van der Waals surface area contributed by atoms with Crippen molar-refractivity contribution in [3.05, 3.63) is 18.2 Å². The highest BCUT2D eigenvalue weighted by Gasteiger charge is 2.05. The highest BCUT2D eigenvalue weighted by atomic mass is 19.1. The maximum absolute atomic E-state index is 12.0. The quantitative estimate of drug-likeness (QED) is 0.471. The molecule has 106 valence electrons. The average Bonchev–Trinajstić information content (AvgIpc) is 2.46. The lowest BCUT2D eigenvalue weighted by atomic mass is 10.3. The molecule has 0 amide bonds. The van der Waals surface area contributed by atoms with E-state index in [4.69, 9.17) is 9.47 Å². The van der Waals surface area contributed by atoms with Gasteiger partial charge in [0, 0.05) is 25.3 Å². The van der Waals surface area contributed by atoms with E-state index in [-0.39, 0.29) is 6.67 Å². The molecule has 0 fully saturated rings. The van der Waals surface area contributed by atoms with Crippen LogP contribution in [0, 0.1) is 0 Å². The van der Waals surface area contributed by atoms with E-state index in [2.05, 4.69) is 15.6 Å². The Balaban J connectivity index is 2.69. The molecule has 0 unspecified atom stereocenters. The number of hydrogen-bond acceptors (Lipinski definition) is 3. The molecule has 0 bridgehead atoms. The molecular formula is C13H20FN3O2. The SMILES string of the molecule is CN=C(NCCCF)Nc1ccc(OC)c(OC)c1. The van der Waals surface area contributed by atoms with E-state index in [1.54, 1.807) is 33.4 Å². The van der Waals surface area contributed by atoms with Crippen LogP contribution >= 0.6 is 0 Å². The monoisotopic (exact) mass is 269 g/mol. The number of hydrogen-bond donors (Lipinski definition) is 2. The molecule has 0 aromatic heterocycles. The van der Waals surface area contributed by atoms with Gasteiger partial charge >= 0.3 is 0 Å². The second-order valence-corrected chi connectivity index (χ2v) is 3.74. The van der Waals surface area contributed by atoms with Crippen LogP contribution in [-0.2, 0) is 0 Å². The average molecular weight is 269 g/mol. The first-order chi connectivity index (χ1) is 9.24. The van der Waals surface area contributed by atoms with E-state index in [1.165, 1.54) is 0 Å². The molecule has 0 aliphatic rings. The number of benzene rings is 1. The lowest BCUT2D eigenvalue weighted by Crippen LogP contribution is -2.31. The Hall–Kier alpha value is -1.98. The summed E-state index contributed by atoms with van der Waals surface area (Å²) in [5.74, 6) is 1.88. The van der Waals surface area contributed by atoms with Gasteiger partial charge in [0.05, 0.1) is 20.9 Å². The molecule has 1 aromatic rings. The second-order valence-electron chi connectivity index (χ2n) is 3.74. The summed E-state index contributed by atoms with van der Waals surface area (Å²) in [5.41, 5.74) is 0.811. The number of ether oxygens (including phenoxy) is 2. The fourth-order valence-electron chi connectivity index (χ4n) is 1.50. The van der Waals surface area contributed by atoms with Crippen LogP contribution in [0.25, 0.3) is 0 Å². The van der Waals surface area contributed by atoms with Crippen molar-refractivity contribution in [2.75, 3.05) is 39.8 Å². The zero-order valence-electron chi connectivity index (χ0n) is 11.5. The van der Waals surface area contributed by atoms with Crippen molar-refractivity contribution in [2.24, 2.45) is 4.99 Å². The minimum atomic E-state index is -0.347. The van der Waals surface area contributed by atoms with Gasteiger partial charge in [-0.25, -0.2) is 0 Å². The lowest BCUT2D eigenvalue weighted by Gasteiger charge is -2.13. The van der Waals surface area contributed by atoms with Crippen LogP contribution in [0.2, 0.25) is 0 Å². The molecule has 1 rings (SSSR count). The van der Waals surface area contributed by atoms with Gasteiger partial charge in [0.2, 0.25) is 0 Å². The van der Waals surface area contributed by atoms with Gasteiger partial charge in [-0.1, -0.05) is 0 Å². The molecule has 0 atom stereocenters. The second kappa shape index (κ2) is 8.18. The van der Waals surface area contributed by atoms with Crippen molar-refractivity contribution in [1.82, 2.24) is 5.32 Å². The summed E-state index contributed by atoms with van der Waals surface area (Å²) in [5, 5.41) is 6.11. The smallest absolute Gasteiger partial charge is 0.195 e. The zero-order chi connectivity index (χ0) is 14.1. The number of nitrogens with one attached hydrogen (secondary N) is 2. The number of nitrogens with zero attached hydrogens (tertiary/aromatic N) is 1. The first-order valence-corrected chi connectivity index (χ1v) is 6.00. The number of rotatable bonds is 6. The Morgan fingerprint density at radius 1 is 1.26 bits per heavy atom. The third-order valence-electron chi connectivity index (χ3n) is 2.47. The Labute approximate surface area is 112 Å². The standard InChI is InChI=1S/C13H20FN3O2/c1-15-13(16-8-4-7-14)17-10-5-6-11(18-2)12(9-10)19-3/h5-6,9H,4,7-8H2,1-3H3,(H2,15,16,17). The van der Waals surface area contributed by atoms with Gasteiger partial charge in [0.25, 0.3) is 0 Å². The normalized spacial score (nSPS) is 11.1. The Morgan fingerprint density at radius 3 is 2.58 bits per heavy atom. The fraction of sp³-hybridized carbons (Fsp3) is 0.462. The molecule has 0 spiro atoms. The summed E-state index contributed by atoms with van der Waals surface area (Å²) < 4.78 is 22.4. The summed E-state index contributed by atoms with van der Waals surface area (Å²) in [6.07, 6.45) is 0.451. The van der Waals surface area contributed by atoms with E-state index >= 15 is 0 Å². The number of alkyl halides is 1. The molecule has 0 radical (unpaired) electrons. The largest absolute Gasteiger partial charge is 0.493 e.